The first-order valence-corrected chi connectivity index (χ1v) is 10.2. The third kappa shape index (κ3) is 5.60. The Morgan fingerprint density at radius 1 is 1.07 bits per heavy atom. The predicted octanol–water partition coefficient (Wildman–Crippen LogP) is 5.84. The quantitative estimate of drug-likeness (QED) is 0.393. The fourth-order valence-corrected chi connectivity index (χ4v) is 3.44. The summed E-state index contributed by atoms with van der Waals surface area (Å²) in [5.41, 5.74) is 1.42. The number of benzene rings is 2. The summed E-state index contributed by atoms with van der Waals surface area (Å²) in [7, 11) is 0. The van der Waals surface area contributed by atoms with Crippen molar-refractivity contribution in [1.29, 1.82) is 0 Å². The van der Waals surface area contributed by atoms with E-state index in [1.165, 1.54) is 0 Å². The van der Waals surface area contributed by atoms with Gasteiger partial charge < -0.3 is 5.32 Å². The number of anilines is 1. The van der Waals surface area contributed by atoms with Crippen LogP contribution in [0.4, 0.5) is 18.9 Å². The number of carbonyl (C=O) groups excluding carboxylic acids is 1. The van der Waals surface area contributed by atoms with Gasteiger partial charge in [0.2, 0.25) is 5.91 Å². The number of hydrogen-bond acceptors (Lipinski definition) is 4. The number of thioether (sulfide) groups is 1. The summed E-state index contributed by atoms with van der Waals surface area (Å²) in [5, 5.41) is 1.97. The number of nitrogens with one attached hydrogen (secondary N) is 1. The highest BCUT2D eigenvalue weighted by Crippen LogP contribution is 2.33. The summed E-state index contributed by atoms with van der Waals surface area (Å²) in [4.78, 5) is 20.4. The average Bonchev–Trinajstić information content (AvgIpc) is 2.74. The Morgan fingerprint density at radius 2 is 1.73 bits per heavy atom. The topological polar surface area (TPSA) is 54.9 Å². The van der Waals surface area contributed by atoms with E-state index in [1.54, 1.807) is 49.4 Å². The Labute approximate surface area is 177 Å². The molecule has 1 aromatic heterocycles. The molecule has 0 unspecified atom stereocenters. The Hall–Kier alpha value is -2.87. The minimum Gasteiger partial charge on any atom is -0.325 e. The first-order chi connectivity index (χ1) is 14.3. The second-order valence-electron chi connectivity index (χ2n) is 6.58. The van der Waals surface area contributed by atoms with Crippen LogP contribution in [0.25, 0.3) is 11.3 Å². The smallest absolute Gasteiger partial charge is 0.325 e. The van der Waals surface area contributed by atoms with Gasteiger partial charge in [-0.3, -0.25) is 4.79 Å². The van der Waals surface area contributed by atoms with E-state index in [-0.39, 0.29) is 16.8 Å². The van der Waals surface area contributed by atoms with Gasteiger partial charge in [-0.15, -0.1) is 0 Å². The zero-order chi connectivity index (χ0) is 21.7. The van der Waals surface area contributed by atoms with Crippen molar-refractivity contribution in [3.8, 4) is 11.3 Å². The zero-order valence-electron chi connectivity index (χ0n) is 16.4. The Bertz CT molecular complexity index is 1010. The van der Waals surface area contributed by atoms with E-state index in [0.717, 1.165) is 29.8 Å². The summed E-state index contributed by atoms with van der Waals surface area (Å²) in [6, 6.07) is 16.9. The van der Waals surface area contributed by atoms with E-state index in [0.29, 0.717) is 11.3 Å². The van der Waals surface area contributed by atoms with Gasteiger partial charge >= 0.3 is 6.18 Å². The number of alkyl halides is 3. The number of aromatic nitrogens is 2. The third-order valence-corrected chi connectivity index (χ3v) is 5.31. The second-order valence-corrected chi connectivity index (χ2v) is 7.89. The van der Waals surface area contributed by atoms with E-state index < -0.39 is 17.1 Å². The molecule has 0 aliphatic rings. The van der Waals surface area contributed by atoms with E-state index >= 15 is 0 Å². The van der Waals surface area contributed by atoms with Crippen LogP contribution in [0.2, 0.25) is 0 Å². The summed E-state index contributed by atoms with van der Waals surface area (Å²) in [6.45, 7) is 3.64. The summed E-state index contributed by atoms with van der Waals surface area (Å²) in [5.74, 6) is -0.341. The number of rotatable bonds is 6. The van der Waals surface area contributed by atoms with Crippen LogP contribution in [-0.2, 0) is 17.4 Å². The molecule has 0 bridgehead atoms. The van der Waals surface area contributed by atoms with Crippen molar-refractivity contribution in [3.05, 3.63) is 71.9 Å². The van der Waals surface area contributed by atoms with Gasteiger partial charge in [0.1, 0.15) is 5.69 Å². The van der Waals surface area contributed by atoms with E-state index in [2.05, 4.69) is 15.3 Å². The predicted molar refractivity (Wildman–Crippen MR) is 112 cm³/mol. The van der Waals surface area contributed by atoms with Gasteiger partial charge in [0.05, 0.1) is 10.9 Å². The van der Waals surface area contributed by atoms with Gasteiger partial charge in [-0.1, -0.05) is 61.2 Å². The van der Waals surface area contributed by atoms with Crippen LogP contribution in [0.15, 0.2) is 65.8 Å². The molecular weight excluding hydrogens is 411 g/mol. The molecule has 0 saturated heterocycles. The highest BCUT2D eigenvalue weighted by atomic mass is 32.2. The van der Waals surface area contributed by atoms with Gasteiger partial charge in [0.25, 0.3) is 0 Å². The molecule has 1 amide bonds. The Kier molecular flexibility index (Phi) is 6.77. The van der Waals surface area contributed by atoms with Crippen LogP contribution in [0, 0.1) is 0 Å². The van der Waals surface area contributed by atoms with Crippen LogP contribution >= 0.6 is 11.8 Å². The molecule has 0 aliphatic heterocycles. The SMILES string of the molecule is CCc1ccc(NC(=O)[C@H](C)Sc2nc(-c3ccccc3)cc(C(F)(F)F)n2)cc1. The fraction of sp³-hybridized carbons (Fsp3) is 0.227. The molecule has 156 valence electrons. The molecule has 0 saturated carbocycles. The second kappa shape index (κ2) is 9.30. The molecule has 0 aliphatic carbocycles. The normalized spacial score (nSPS) is 12.4. The molecule has 2 aromatic carbocycles. The lowest BCUT2D eigenvalue weighted by Crippen LogP contribution is -2.23. The number of carbonyl (C=O) groups is 1. The van der Waals surface area contributed by atoms with Crippen molar-refractivity contribution >= 4 is 23.4 Å². The molecule has 0 radical (unpaired) electrons. The first kappa shape index (κ1) is 21.8. The highest BCUT2D eigenvalue weighted by Gasteiger charge is 2.34. The molecule has 3 rings (SSSR count). The number of halogens is 3. The number of nitrogens with zero attached hydrogens (tertiary/aromatic N) is 2. The van der Waals surface area contributed by atoms with Gasteiger partial charge in [0, 0.05) is 11.3 Å². The van der Waals surface area contributed by atoms with Gasteiger partial charge in [-0.05, 0) is 37.1 Å². The molecule has 8 heteroatoms. The van der Waals surface area contributed by atoms with E-state index in [4.69, 9.17) is 0 Å². The number of amides is 1. The molecule has 1 atom stereocenters. The van der Waals surface area contributed by atoms with Crippen LogP contribution < -0.4 is 5.32 Å². The maximum Gasteiger partial charge on any atom is 0.433 e. The molecule has 1 heterocycles. The van der Waals surface area contributed by atoms with Crippen molar-refractivity contribution in [2.75, 3.05) is 5.32 Å². The van der Waals surface area contributed by atoms with Gasteiger partial charge in [-0.2, -0.15) is 13.2 Å². The number of aryl methyl sites for hydroxylation is 1. The molecule has 4 nitrogen and oxygen atoms in total. The minimum atomic E-state index is -4.62. The van der Waals surface area contributed by atoms with Gasteiger partial charge in [0.15, 0.2) is 5.16 Å². The molecule has 0 fully saturated rings. The minimum absolute atomic E-state index is 0.104. The fourth-order valence-electron chi connectivity index (χ4n) is 2.66. The average molecular weight is 431 g/mol. The standard InChI is InChI=1S/C22H20F3N3OS/c1-3-15-9-11-17(12-10-15)26-20(29)14(2)30-21-27-18(16-7-5-4-6-8-16)13-19(28-21)22(23,24)25/h4-14H,3H2,1-2H3,(H,26,29)/t14-/m0/s1. The number of hydrogen-bond donors (Lipinski definition) is 1. The van der Waals surface area contributed by atoms with Crippen molar-refractivity contribution in [1.82, 2.24) is 9.97 Å². The summed E-state index contributed by atoms with van der Waals surface area (Å²) < 4.78 is 40.0. The van der Waals surface area contributed by atoms with Crippen molar-refractivity contribution in [2.45, 2.75) is 36.9 Å². The third-order valence-electron chi connectivity index (χ3n) is 4.35. The molecule has 3 aromatic rings. The zero-order valence-corrected chi connectivity index (χ0v) is 17.2. The monoisotopic (exact) mass is 431 g/mol. The van der Waals surface area contributed by atoms with Crippen molar-refractivity contribution in [3.63, 3.8) is 0 Å². The molecular formula is C22H20F3N3OS. The molecule has 0 spiro atoms. The van der Waals surface area contributed by atoms with Crippen LogP contribution in [-0.4, -0.2) is 21.1 Å². The molecule has 1 N–H and O–H groups in total. The van der Waals surface area contributed by atoms with Crippen molar-refractivity contribution in [2.24, 2.45) is 0 Å². The van der Waals surface area contributed by atoms with E-state index in [9.17, 15) is 18.0 Å². The lowest BCUT2D eigenvalue weighted by molar-refractivity contribution is -0.141. The van der Waals surface area contributed by atoms with Gasteiger partial charge in [-0.25, -0.2) is 9.97 Å². The van der Waals surface area contributed by atoms with Crippen LogP contribution in [0.1, 0.15) is 25.1 Å². The van der Waals surface area contributed by atoms with Crippen LogP contribution in [0.3, 0.4) is 0 Å². The van der Waals surface area contributed by atoms with Crippen LogP contribution in [0.5, 0.6) is 0 Å². The molecule has 30 heavy (non-hydrogen) atoms. The Balaban J connectivity index is 1.80. The largest absolute Gasteiger partial charge is 0.433 e. The van der Waals surface area contributed by atoms with E-state index in [1.807, 2.05) is 19.1 Å². The lowest BCUT2D eigenvalue weighted by atomic mass is 10.1. The summed E-state index contributed by atoms with van der Waals surface area (Å²) >= 11 is 0.883. The van der Waals surface area contributed by atoms with Crippen molar-refractivity contribution < 1.29 is 18.0 Å². The Morgan fingerprint density at radius 3 is 2.33 bits per heavy atom. The maximum absolute atomic E-state index is 13.3. The maximum atomic E-state index is 13.3. The lowest BCUT2D eigenvalue weighted by Gasteiger charge is -2.14. The summed E-state index contributed by atoms with van der Waals surface area (Å²) in [6.07, 6.45) is -3.73. The first-order valence-electron chi connectivity index (χ1n) is 9.34. The highest BCUT2D eigenvalue weighted by molar-refractivity contribution is 8.00.